The maximum atomic E-state index is 14.2. The van der Waals surface area contributed by atoms with Gasteiger partial charge < -0.3 is 10.5 Å². The van der Waals surface area contributed by atoms with E-state index in [0.717, 1.165) is 12.1 Å². The first-order valence-corrected chi connectivity index (χ1v) is 8.46. The van der Waals surface area contributed by atoms with Crippen LogP contribution in [0.3, 0.4) is 0 Å². The number of pyridine rings is 1. The van der Waals surface area contributed by atoms with E-state index < -0.39 is 23.0 Å². The Kier molecular flexibility index (Phi) is 5.38. The van der Waals surface area contributed by atoms with Gasteiger partial charge >= 0.3 is 6.18 Å². The number of nitrogens with two attached hydrogens (primary N) is 1. The van der Waals surface area contributed by atoms with E-state index >= 15 is 0 Å². The molecule has 0 saturated heterocycles. The molecule has 2 N–H and O–H groups in total. The summed E-state index contributed by atoms with van der Waals surface area (Å²) in [6.45, 7) is -0.127. The van der Waals surface area contributed by atoms with Crippen molar-refractivity contribution in [2.75, 3.05) is 13.7 Å². The molecule has 3 nitrogen and oxygen atoms in total. The summed E-state index contributed by atoms with van der Waals surface area (Å²) in [4.78, 5) is 4.40. The molecule has 1 atom stereocenters. The van der Waals surface area contributed by atoms with Crippen LogP contribution in [-0.4, -0.2) is 18.6 Å². The Morgan fingerprint density at radius 2 is 1.57 bits per heavy atom. The second-order valence-corrected chi connectivity index (χ2v) is 6.27. The van der Waals surface area contributed by atoms with Crippen molar-refractivity contribution in [3.05, 3.63) is 94.9 Å². The summed E-state index contributed by atoms with van der Waals surface area (Å²) in [7, 11) is 1.43. The molecule has 0 spiro atoms. The van der Waals surface area contributed by atoms with E-state index in [4.69, 9.17) is 10.5 Å². The number of hydrogen-bond acceptors (Lipinski definition) is 3. The number of aromatic nitrogens is 1. The fourth-order valence-corrected chi connectivity index (χ4v) is 3.29. The summed E-state index contributed by atoms with van der Waals surface area (Å²) in [5.74, 6) is -0.722. The first kappa shape index (κ1) is 19.8. The third-order valence-electron chi connectivity index (χ3n) is 4.66. The molecule has 1 aromatic heterocycles. The minimum absolute atomic E-state index is 0.0641. The van der Waals surface area contributed by atoms with Crippen molar-refractivity contribution in [1.29, 1.82) is 0 Å². The Balaban J connectivity index is 2.36. The van der Waals surface area contributed by atoms with Crippen LogP contribution in [0.25, 0.3) is 0 Å². The highest BCUT2D eigenvalue weighted by molar-refractivity contribution is 5.50. The highest BCUT2D eigenvalue weighted by Gasteiger charge is 2.40. The number of halogens is 4. The Bertz CT molecular complexity index is 960. The van der Waals surface area contributed by atoms with Crippen molar-refractivity contribution in [2.45, 2.75) is 11.6 Å². The van der Waals surface area contributed by atoms with Crippen LogP contribution in [0.5, 0.6) is 5.88 Å². The van der Waals surface area contributed by atoms with Gasteiger partial charge in [0, 0.05) is 12.6 Å². The molecule has 0 amide bonds. The second kappa shape index (κ2) is 7.59. The van der Waals surface area contributed by atoms with Gasteiger partial charge in [-0.25, -0.2) is 9.37 Å². The van der Waals surface area contributed by atoms with E-state index in [2.05, 4.69) is 4.98 Å². The van der Waals surface area contributed by atoms with Gasteiger partial charge in [0.25, 0.3) is 0 Å². The molecule has 0 saturated carbocycles. The average molecular weight is 390 g/mol. The van der Waals surface area contributed by atoms with E-state index in [0.29, 0.717) is 17.3 Å². The molecule has 7 heteroatoms. The quantitative estimate of drug-likeness (QED) is 0.651. The predicted octanol–water partition coefficient (Wildman–Crippen LogP) is 4.54. The molecular formula is C21H18F4N2O. The molecular weight excluding hydrogens is 372 g/mol. The lowest BCUT2D eigenvalue weighted by Crippen LogP contribution is -2.39. The number of benzene rings is 2. The van der Waals surface area contributed by atoms with Crippen LogP contribution in [0.2, 0.25) is 0 Å². The van der Waals surface area contributed by atoms with Crippen LogP contribution >= 0.6 is 0 Å². The van der Waals surface area contributed by atoms with Crippen molar-refractivity contribution in [1.82, 2.24) is 4.98 Å². The third kappa shape index (κ3) is 3.57. The van der Waals surface area contributed by atoms with E-state index in [1.165, 1.54) is 7.11 Å². The van der Waals surface area contributed by atoms with E-state index in [1.54, 1.807) is 48.5 Å². The molecule has 0 radical (unpaired) electrons. The van der Waals surface area contributed by atoms with Gasteiger partial charge in [0.2, 0.25) is 5.88 Å². The SMILES string of the molecule is COc1cccc(C(CN)(c2ccccc2)c2cc(F)cc(C(F)(F)F)c2)n1. The number of rotatable bonds is 5. The highest BCUT2D eigenvalue weighted by Crippen LogP contribution is 2.41. The molecule has 0 fully saturated rings. The van der Waals surface area contributed by atoms with Crippen molar-refractivity contribution in [2.24, 2.45) is 5.73 Å². The highest BCUT2D eigenvalue weighted by atomic mass is 19.4. The van der Waals surface area contributed by atoms with Crippen LogP contribution < -0.4 is 10.5 Å². The van der Waals surface area contributed by atoms with Crippen molar-refractivity contribution < 1.29 is 22.3 Å². The second-order valence-electron chi connectivity index (χ2n) is 6.27. The fourth-order valence-electron chi connectivity index (χ4n) is 3.29. The summed E-state index contributed by atoms with van der Waals surface area (Å²) < 4.78 is 59.4. The summed E-state index contributed by atoms with van der Waals surface area (Å²) in [6.07, 6.45) is -4.70. The third-order valence-corrected chi connectivity index (χ3v) is 4.66. The Hall–Kier alpha value is -2.93. The molecule has 0 aliphatic rings. The molecule has 2 aromatic carbocycles. The summed E-state index contributed by atoms with van der Waals surface area (Å²) >= 11 is 0. The molecule has 0 aliphatic carbocycles. The zero-order chi connectivity index (χ0) is 20.4. The summed E-state index contributed by atoms with van der Waals surface area (Å²) in [5.41, 5.74) is 4.76. The van der Waals surface area contributed by atoms with Gasteiger partial charge in [-0.15, -0.1) is 0 Å². The predicted molar refractivity (Wildman–Crippen MR) is 97.6 cm³/mol. The van der Waals surface area contributed by atoms with Crippen LogP contribution in [-0.2, 0) is 11.6 Å². The smallest absolute Gasteiger partial charge is 0.416 e. The van der Waals surface area contributed by atoms with Gasteiger partial charge in [-0.2, -0.15) is 13.2 Å². The number of alkyl halides is 3. The molecule has 0 bridgehead atoms. The Labute approximate surface area is 159 Å². The normalized spacial score (nSPS) is 13.8. The monoisotopic (exact) mass is 390 g/mol. The van der Waals surface area contributed by atoms with Crippen LogP contribution in [0, 0.1) is 5.82 Å². The Morgan fingerprint density at radius 3 is 2.18 bits per heavy atom. The fraction of sp³-hybridized carbons (Fsp3) is 0.190. The van der Waals surface area contributed by atoms with Crippen LogP contribution in [0.1, 0.15) is 22.4 Å². The van der Waals surface area contributed by atoms with Gasteiger partial charge in [0.05, 0.1) is 23.8 Å². The maximum Gasteiger partial charge on any atom is 0.416 e. The van der Waals surface area contributed by atoms with E-state index in [1.807, 2.05) is 0 Å². The van der Waals surface area contributed by atoms with Gasteiger partial charge in [-0.3, -0.25) is 0 Å². The van der Waals surface area contributed by atoms with Crippen molar-refractivity contribution in [3.63, 3.8) is 0 Å². The number of ether oxygens (including phenoxy) is 1. The first-order chi connectivity index (χ1) is 13.3. The number of nitrogens with zero attached hydrogens (tertiary/aromatic N) is 1. The minimum atomic E-state index is -4.70. The van der Waals surface area contributed by atoms with Gasteiger partial charge in [-0.05, 0) is 35.4 Å². The molecule has 3 rings (SSSR count). The average Bonchev–Trinajstić information content (AvgIpc) is 2.69. The molecule has 1 heterocycles. The molecule has 28 heavy (non-hydrogen) atoms. The largest absolute Gasteiger partial charge is 0.481 e. The lowest BCUT2D eigenvalue weighted by Gasteiger charge is -2.34. The van der Waals surface area contributed by atoms with Crippen molar-refractivity contribution in [3.8, 4) is 5.88 Å². The lowest BCUT2D eigenvalue weighted by atomic mass is 9.71. The standard InChI is InChI=1S/C21H18F4N2O/c1-28-19-9-5-8-18(27-19)20(13-26,14-6-3-2-4-7-14)15-10-16(21(23,24)25)12-17(22)11-15/h2-12H,13,26H2,1H3. The van der Waals surface area contributed by atoms with Gasteiger partial charge in [-0.1, -0.05) is 36.4 Å². The minimum Gasteiger partial charge on any atom is -0.481 e. The first-order valence-electron chi connectivity index (χ1n) is 8.46. The summed E-state index contributed by atoms with van der Waals surface area (Å²) in [5, 5.41) is 0. The molecule has 1 unspecified atom stereocenters. The number of methoxy groups -OCH3 is 1. The zero-order valence-corrected chi connectivity index (χ0v) is 15.0. The molecule has 0 aliphatic heterocycles. The Morgan fingerprint density at radius 1 is 0.893 bits per heavy atom. The zero-order valence-electron chi connectivity index (χ0n) is 15.0. The maximum absolute atomic E-state index is 14.2. The van der Waals surface area contributed by atoms with E-state index in [9.17, 15) is 17.6 Å². The van der Waals surface area contributed by atoms with Crippen LogP contribution in [0.15, 0.2) is 66.7 Å². The van der Waals surface area contributed by atoms with Gasteiger partial charge in [0.15, 0.2) is 0 Å². The molecule has 3 aromatic rings. The molecule has 146 valence electrons. The number of hydrogen-bond donors (Lipinski definition) is 1. The lowest BCUT2D eigenvalue weighted by molar-refractivity contribution is -0.137. The van der Waals surface area contributed by atoms with Gasteiger partial charge in [0.1, 0.15) is 5.82 Å². The van der Waals surface area contributed by atoms with Crippen LogP contribution in [0.4, 0.5) is 17.6 Å². The topological polar surface area (TPSA) is 48.1 Å². The van der Waals surface area contributed by atoms with Crippen molar-refractivity contribution >= 4 is 0 Å². The van der Waals surface area contributed by atoms with E-state index in [-0.39, 0.29) is 18.0 Å². The summed E-state index contributed by atoms with van der Waals surface area (Å²) in [6, 6.07) is 16.1.